The summed E-state index contributed by atoms with van der Waals surface area (Å²) in [5.74, 6) is 0. The number of para-hydroxylation sites is 1. The fraction of sp³-hybridized carbons (Fsp3) is 0.650. The molecule has 7 heteroatoms. The van der Waals surface area contributed by atoms with E-state index in [1.165, 1.54) is 25.7 Å². The van der Waals surface area contributed by atoms with Crippen LogP contribution in [0.2, 0.25) is 0 Å². The summed E-state index contributed by atoms with van der Waals surface area (Å²) in [6, 6.07) is 7.16. The van der Waals surface area contributed by atoms with Crippen LogP contribution in [0.15, 0.2) is 24.3 Å². The number of alkyl halides is 3. The molecule has 1 aromatic rings. The smallest absolute Gasteiger partial charge is 0.335 e. The molecular formula is C20H28F3N3O. The molecule has 4 nitrogen and oxygen atoms in total. The van der Waals surface area contributed by atoms with Crippen molar-refractivity contribution in [2.75, 3.05) is 18.4 Å². The lowest BCUT2D eigenvalue weighted by Gasteiger charge is -2.36. The molecule has 1 aromatic carbocycles. The van der Waals surface area contributed by atoms with Crippen molar-refractivity contribution in [3.05, 3.63) is 29.8 Å². The van der Waals surface area contributed by atoms with Gasteiger partial charge in [-0.05, 0) is 43.7 Å². The number of nitrogens with zero attached hydrogens (tertiary/aromatic N) is 1. The number of aryl methyl sites for hydroxylation is 1. The molecule has 2 fully saturated rings. The van der Waals surface area contributed by atoms with Gasteiger partial charge in [0.05, 0.1) is 0 Å². The zero-order valence-corrected chi connectivity index (χ0v) is 15.5. The number of urea groups is 1. The Morgan fingerprint density at radius 1 is 1.07 bits per heavy atom. The highest BCUT2D eigenvalue weighted by Gasteiger charge is 2.28. The van der Waals surface area contributed by atoms with Gasteiger partial charge in [-0.2, -0.15) is 13.2 Å². The van der Waals surface area contributed by atoms with E-state index in [1.807, 2.05) is 0 Å². The molecule has 1 aliphatic carbocycles. The largest absolute Gasteiger partial charge is 0.389 e. The molecule has 1 saturated heterocycles. The molecule has 0 spiro atoms. The minimum atomic E-state index is -4.21. The average molecular weight is 383 g/mol. The predicted molar refractivity (Wildman–Crippen MR) is 99.8 cm³/mol. The van der Waals surface area contributed by atoms with Gasteiger partial charge >= 0.3 is 12.2 Å². The van der Waals surface area contributed by atoms with Crippen LogP contribution < -0.4 is 10.6 Å². The van der Waals surface area contributed by atoms with Crippen LogP contribution >= 0.6 is 0 Å². The number of anilines is 1. The summed E-state index contributed by atoms with van der Waals surface area (Å²) in [6.07, 6.45) is 1.80. The Hall–Kier alpha value is -1.76. The van der Waals surface area contributed by atoms with E-state index in [-0.39, 0.29) is 18.5 Å². The second-order valence-corrected chi connectivity index (χ2v) is 7.62. The van der Waals surface area contributed by atoms with Crippen molar-refractivity contribution < 1.29 is 18.0 Å². The first kappa shape index (κ1) is 20.0. The van der Waals surface area contributed by atoms with Crippen LogP contribution in [0.1, 0.15) is 50.5 Å². The number of hydrogen-bond donors (Lipinski definition) is 2. The maximum Gasteiger partial charge on any atom is 0.389 e. The normalized spacial score (nSPS) is 20.0. The molecule has 0 unspecified atom stereocenters. The summed E-state index contributed by atoms with van der Waals surface area (Å²) < 4.78 is 37.5. The van der Waals surface area contributed by atoms with Gasteiger partial charge in [0.2, 0.25) is 0 Å². The third-order valence-electron chi connectivity index (χ3n) is 5.65. The fourth-order valence-corrected chi connectivity index (χ4v) is 4.16. The van der Waals surface area contributed by atoms with Gasteiger partial charge in [-0.1, -0.05) is 31.0 Å². The van der Waals surface area contributed by atoms with Crippen LogP contribution in [-0.4, -0.2) is 42.3 Å². The first-order valence-corrected chi connectivity index (χ1v) is 9.87. The predicted octanol–water partition coefficient (Wildman–Crippen LogP) is 4.71. The van der Waals surface area contributed by atoms with Gasteiger partial charge in [-0.3, -0.25) is 0 Å². The van der Waals surface area contributed by atoms with E-state index < -0.39 is 12.6 Å². The van der Waals surface area contributed by atoms with Gasteiger partial charge in [0.1, 0.15) is 0 Å². The van der Waals surface area contributed by atoms with E-state index in [0.717, 1.165) is 25.9 Å². The Balaban J connectivity index is 1.47. The van der Waals surface area contributed by atoms with Crippen LogP contribution in [-0.2, 0) is 6.42 Å². The van der Waals surface area contributed by atoms with E-state index in [0.29, 0.717) is 17.3 Å². The molecule has 150 valence electrons. The highest BCUT2D eigenvalue weighted by Crippen LogP contribution is 2.27. The van der Waals surface area contributed by atoms with Crippen molar-refractivity contribution in [3.63, 3.8) is 0 Å². The number of likely N-dealkylation sites (tertiary alicyclic amines) is 1. The summed E-state index contributed by atoms with van der Waals surface area (Å²) in [5.41, 5.74) is 0.948. The van der Waals surface area contributed by atoms with Crippen LogP contribution in [0.3, 0.4) is 0 Å². The van der Waals surface area contributed by atoms with Crippen LogP contribution in [0.5, 0.6) is 0 Å². The molecule has 0 radical (unpaired) electrons. The molecule has 0 bridgehead atoms. The van der Waals surface area contributed by atoms with E-state index in [9.17, 15) is 18.0 Å². The maximum absolute atomic E-state index is 12.5. The monoisotopic (exact) mass is 383 g/mol. The van der Waals surface area contributed by atoms with Crippen LogP contribution in [0.25, 0.3) is 0 Å². The maximum atomic E-state index is 12.5. The quantitative estimate of drug-likeness (QED) is 0.773. The summed E-state index contributed by atoms with van der Waals surface area (Å²) in [6.45, 7) is 2.00. The van der Waals surface area contributed by atoms with E-state index in [4.69, 9.17) is 0 Å². The number of carbonyl (C=O) groups excluding carboxylic acids is 1. The van der Waals surface area contributed by atoms with Gasteiger partial charge < -0.3 is 15.5 Å². The van der Waals surface area contributed by atoms with Gasteiger partial charge in [0, 0.05) is 37.3 Å². The first-order chi connectivity index (χ1) is 12.9. The minimum Gasteiger partial charge on any atom is -0.335 e. The third-order valence-corrected chi connectivity index (χ3v) is 5.65. The van der Waals surface area contributed by atoms with Crippen molar-refractivity contribution in [3.8, 4) is 0 Å². The molecule has 27 heavy (non-hydrogen) atoms. The van der Waals surface area contributed by atoms with E-state index in [1.54, 1.807) is 24.3 Å². The van der Waals surface area contributed by atoms with Crippen LogP contribution in [0, 0.1) is 0 Å². The molecule has 0 aromatic heterocycles. The molecule has 1 heterocycles. The Bertz CT molecular complexity index is 621. The Labute approximate surface area is 158 Å². The summed E-state index contributed by atoms with van der Waals surface area (Å²) in [5, 5.41) is 5.71. The number of benzene rings is 1. The SMILES string of the molecule is O=C(Nc1ccccc1CCC(F)(F)F)NC1CCN(C2CCCC2)CC1. The Morgan fingerprint density at radius 3 is 2.41 bits per heavy atom. The van der Waals surface area contributed by atoms with Crippen molar-refractivity contribution in [2.24, 2.45) is 0 Å². The van der Waals surface area contributed by atoms with Crippen LogP contribution in [0.4, 0.5) is 23.7 Å². The zero-order chi connectivity index (χ0) is 19.3. The zero-order valence-electron chi connectivity index (χ0n) is 15.5. The van der Waals surface area contributed by atoms with Gasteiger partial charge in [0.15, 0.2) is 0 Å². The lowest BCUT2D eigenvalue weighted by Crippen LogP contribution is -2.48. The highest BCUT2D eigenvalue weighted by atomic mass is 19.4. The number of amides is 2. The highest BCUT2D eigenvalue weighted by molar-refractivity contribution is 5.90. The fourth-order valence-electron chi connectivity index (χ4n) is 4.16. The Kier molecular flexibility index (Phi) is 6.63. The molecule has 2 aliphatic rings. The van der Waals surface area contributed by atoms with E-state index >= 15 is 0 Å². The molecule has 2 N–H and O–H groups in total. The first-order valence-electron chi connectivity index (χ1n) is 9.87. The third kappa shape index (κ3) is 6.13. The average Bonchev–Trinajstić information content (AvgIpc) is 3.15. The second-order valence-electron chi connectivity index (χ2n) is 7.62. The molecule has 1 saturated carbocycles. The molecule has 2 amide bonds. The number of piperidine rings is 1. The van der Waals surface area contributed by atoms with Crippen molar-refractivity contribution in [1.82, 2.24) is 10.2 Å². The van der Waals surface area contributed by atoms with Crippen molar-refractivity contribution in [2.45, 2.75) is 69.6 Å². The lowest BCUT2D eigenvalue weighted by atomic mass is 10.0. The van der Waals surface area contributed by atoms with E-state index in [2.05, 4.69) is 15.5 Å². The van der Waals surface area contributed by atoms with Crippen molar-refractivity contribution in [1.29, 1.82) is 0 Å². The minimum absolute atomic E-state index is 0.116. The number of nitrogens with one attached hydrogen (secondary N) is 2. The lowest BCUT2D eigenvalue weighted by molar-refractivity contribution is -0.133. The molecule has 3 rings (SSSR count). The number of hydrogen-bond acceptors (Lipinski definition) is 2. The number of rotatable bonds is 5. The molecule has 0 atom stereocenters. The standard InChI is InChI=1S/C20H28F3N3O/c21-20(22,23)12-9-15-5-1-4-8-18(15)25-19(27)24-16-10-13-26(14-11-16)17-6-2-3-7-17/h1,4-5,8,16-17H,2-3,6-7,9-14H2,(H2,24,25,27). The Morgan fingerprint density at radius 2 is 1.74 bits per heavy atom. The number of carbonyl (C=O) groups is 1. The van der Waals surface area contributed by atoms with Gasteiger partial charge in [-0.25, -0.2) is 4.79 Å². The second kappa shape index (κ2) is 8.95. The number of halogens is 3. The molecule has 1 aliphatic heterocycles. The molecular weight excluding hydrogens is 355 g/mol. The van der Waals surface area contributed by atoms with Gasteiger partial charge in [-0.15, -0.1) is 0 Å². The summed E-state index contributed by atoms with van der Waals surface area (Å²) >= 11 is 0. The topological polar surface area (TPSA) is 44.4 Å². The summed E-state index contributed by atoms with van der Waals surface area (Å²) in [4.78, 5) is 14.9. The summed E-state index contributed by atoms with van der Waals surface area (Å²) in [7, 11) is 0. The van der Waals surface area contributed by atoms with Gasteiger partial charge in [0.25, 0.3) is 0 Å². The van der Waals surface area contributed by atoms with Crippen molar-refractivity contribution >= 4 is 11.7 Å².